The van der Waals surface area contributed by atoms with Crippen molar-refractivity contribution in [2.24, 2.45) is 0 Å². The summed E-state index contributed by atoms with van der Waals surface area (Å²) in [5, 5.41) is 18.1. The summed E-state index contributed by atoms with van der Waals surface area (Å²) in [5.74, 6) is -3.65. The van der Waals surface area contributed by atoms with Crippen LogP contribution in [0, 0.1) is 0 Å². The smallest absolute Gasteiger partial charge is 0.414 e. The van der Waals surface area contributed by atoms with Crippen molar-refractivity contribution in [3.8, 4) is 0 Å². The molecule has 3 N–H and O–H groups in total. The molecule has 2 fully saturated rings. The van der Waals surface area contributed by atoms with Gasteiger partial charge in [0.1, 0.15) is 0 Å². The van der Waals surface area contributed by atoms with E-state index in [1.54, 1.807) is 0 Å². The summed E-state index contributed by atoms with van der Waals surface area (Å²) >= 11 is 0. The lowest BCUT2D eigenvalue weighted by Crippen LogP contribution is -2.59. The number of carboxylic acid groups (broad SMARTS) is 2. The maximum Gasteiger partial charge on any atom is 0.414 e. The number of aliphatic carboxylic acids is 2. The van der Waals surface area contributed by atoms with Crippen LogP contribution in [0.5, 0.6) is 0 Å². The van der Waals surface area contributed by atoms with Crippen molar-refractivity contribution in [2.45, 2.75) is 25.0 Å². The molecule has 2 rings (SSSR count). The van der Waals surface area contributed by atoms with Gasteiger partial charge in [-0.25, -0.2) is 9.59 Å². The molecule has 7 heteroatoms. The highest BCUT2D eigenvalue weighted by Gasteiger charge is 2.28. The normalized spacial score (nSPS) is 21.6. The first kappa shape index (κ1) is 14.9. The standard InChI is InChI=1S/C9H18N2O.C2H2O4/c1-12-9-2-4-11(5-3-9)8-6-10-7-8;3-1(4)2(5)6/h8-10H,2-7H2,1H3;(H,3,4)(H,5,6). The Hall–Kier alpha value is -1.18. The first-order valence-electron chi connectivity index (χ1n) is 5.98. The number of ether oxygens (including phenoxy) is 1. The minimum Gasteiger partial charge on any atom is -0.473 e. The van der Waals surface area contributed by atoms with Crippen LogP contribution in [0.25, 0.3) is 0 Å². The average molecular weight is 260 g/mol. The van der Waals surface area contributed by atoms with Gasteiger partial charge < -0.3 is 20.3 Å². The minimum absolute atomic E-state index is 0.522. The number of piperidine rings is 1. The molecule has 0 spiro atoms. The Morgan fingerprint density at radius 2 is 1.67 bits per heavy atom. The molecule has 104 valence electrons. The van der Waals surface area contributed by atoms with Crippen LogP contribution in [-0.2, 0) is 14.3 Å². The highest BCUT2D eigenvalue weighted by atomic mass is 16.5. The van der Waals surface area contributed by atoms with Gasteiger partial charge in [-0.05, 0) is 12.8 Å². The van der Waals surface area contributed by atoms with Crippen molar-refractivity contribution in [3.63, 3.8) is 0 Å². The Labute approximate surface area is 106 Å². The van der Waals surface area contributed by atoms with E-state index in [4.69, 9.17) is 24.5 Å². The van der Waals surface area contributed by atoms with Gasteiger partial charge in [-0.15, -0.1) is 0 Å². The number of nitrogens with zero attached hydrogens (tertiary/aromatic N) is 1. The number of hydrogen-bond donors (Lipinski definition) is 3. The molecule has 0 aromatic carbocycles. The quantitative estimate of drug-likeness (QED) is 0.560. The zero-order valence-electron chi connectivity index (χ0n) is 10.5. The fourth-order valence-corrected chi connectivity index (χ4v) is 2.01. The molecule has 0 aromatic rings. The van der Waals surface area contributed by atoms with Crippen molar-refractivity contribution >= 4 is 11.9 Å². The topological polar surface area (TPSA) is 99.1 Å². The van der Waals surface area contributed by atoms with Gasteiger partial charge in [-0.2, -0.15) is 0 Å². The molecule has 2 heterocycles. The molecular weight excluding hydrogens is 240 g/mol. The van der Waals surface area contributed by atoms with Gasteiger partial charge in [0.15, 0.2) is 0 Å². The molecule has 18 heavy (non-hydrogen) atoms. The van der Waals surface area contributed by atoms with Crippen molar-refractivity contribution in [2.75, 3.05) is 33.3 Å². The van der Waals surface area contributed by atoms with Crippen LogP contribution in [0.1, 0.15) is 12.8 Å². The first-order valence-corrected chi connectivity index (χ1v) is 5.98. The van der Waals surface area contributed by atoms with Gasteiger partial charge in [0.05, 0.1) is 6.10 Å². The Morgan fingerprint density at radius 3 is 1.94 bits per heavy atom. The summed E-state index contributed by atoms with van der Waals surface area (Å²) in [7, 11) is 1.82. The summed E-state index contributed by atoms with van der Waals surface area (Å²) in [4.78, 5) is 20.8. The van der Waals surface area contributed by atoms with E-state index in [9.17, 15) is 0 Å². The van der Waals surface area contributed by atoms with Crippen molar-refractivity contribution in [1.29, 1.82) is 0 Å². The van der Waals surface area contributed by atoms with Crippen molar-refractivity contribution in [3.05, 3.63) is 0 Å². The summed E-state index contributed by atoms with van der Waals surface area (Å²) in [6, 6.07) is 0.822. The molecule has 7 nitrogen and oxygen atoms in total. The molecule has 0 atom stereocenters. The number of methoxy groups -OCH3 is 1. The molecule has 2 aliphatic rings. The minimum atomic E-state index is -1.82. The van der Waals surface area contributed by atoms with Gasteiger partial charge in [-0.1, -0.05) is 0 Å². The van der Waals surface area contributed by atoms with Crippen LogP contribution in [0.3, 0.4) is 0 Å². The van der Waals surface area contributed by atoms with Gasteiger partial charge in [-0.3, -0.25) is 4.90 Å². The third-order valence-corrected chi connectivity index (χ3v) is 3.27. The lowest BCUT2D eigenvalue weighted by molar-refractivity contribution is -0.159. The Morgan fingerprint density at radius 1 is 1.17 bits per heavy atom. The average Bonchev–Trinajstić information content (AvgIpc) is 2.28. The van der Waals surface area contributed by atoms with Gasteiger partial charge in [0.25, 0.3) is 0 Å². The van der Waals surface area contributed by atoms with Crippen LogP contribution in [-0.4, -0.2) is 72.5 Å². The molecule has 0 saturated carbocycles. The molecule has 0 radical (unpaired) electrons. The highest BCUT2D eigenvalue weighted by molar-refractivity contribution is 6.27. The third-order valence-electron chi connectivity index (χ3n) is 3.27. The predicted octanol–water partition coefficient (Wildman–Crippen LogP) is -0.775. The van der Waals surface area contributed by atoms with E-state index < -0.39 is 11.9 Å². The number of nitrogens with one attached hydrogen (secondary N) is 1. The second-order valence-corrected chi connectivity index (χ2v) is 4.39. The number of rotatable bonds is 2. The SMILES string of the molecule is COC1CCN(C2CNC2)CC1.O=C(O)C(=O)O. The number of carbonyl (C=O) groups is 2. The zero-order valence-corrected chi connectivity index (χ0v) is 10.5. The van der Waals surface area contributed by atoms with E-state index in [1.807, 2.05) is 7.11 Å². The monoisotopic (exact) mass is 260 g/mol. The Kier molecular flexibility index (Phi) is 6.03. The van der Waals surface area contributed by atoms with E-state index in [2.05, 4.69) is 10.2 Å². The molecular formula is C11H20N2O5. The molecule has 0 amide bonds. The van der Waals surface area contributed by atoms with Crippen LogP contribution >= 0.6 is 0 Å². The van der Waals surface area contributed by atoms with E-state index in [-0.39, 0.29) is 0 Å². The van der Waals surface area contributed by atoms with Gasteiger partial charge in [0.2, 0.25) is 0 Å². The fraction of sp³-hybridized carbons (Fsp3) is 0.818. The molecule has 0 aromatic heterocycles. The molecule has 0 aliphatic carbocycles. The van der Waals surface area contributed by atoms with Gasteiger partial charge >= 0.3 is 11.9 Å². The lowest BCUT2D eigenvalue weighted by Gasteiger charge is -2.41. The lowest BCUT2D eigenvalue weighted by atomic mass is 10.0. The summed E-state index contributed by atoms with van der Waals surface area (Å²) in [5.41, 5.74) is 0. The van der Waals surface area contributed by atoms with Crippen molar-refractivity contribution < 1.29 is 24.5 Å². The van der Waals surface area contributed by atoms with E-state index >= 15 is 0 Å². The predicted molar refractivity (Wildman–Crippen MR) is 63.5 cm³/mol. The molecule has 2 aliphatic heterocycles. The maximum absolute atomic E-state index is 9.10. The highest BCUT2D eigenvalue weighted by Crippen LogP contribution is 2.16. The largest absolute Gasteiger partial charge is 0.473 e. The summed E-state index contributed by atoms with van der Waals surface area (Å²) < 4.78 is 5.33. The number of carboxylic acids is 2. The molecule has 0 unspecified atom stereocenters. The second kappa shape index (κ2) is 7.30. The molecule has 2 saturated heterocycles. The zero-order chi connectivity index (χ0) is 13.5. The molecule has 0 bridgehead atoms. The summed E-state index contributed by atoms with van der Waals surface area (Å²) in [6.45, 7) is 4.84. The summed E-state index contributed by atoms with van der Waals surface area (Å²) in [6.07, 6.45) is 2.95. The van der Waals surface area contributed by atoms with Crippen LogP contribution < -0.4 is 5.32 Å². The first-order chi connectivity index (χ1) is 8.54. The fourth-order valence-electron chi connectivity index (χ4n) is 2.01. The third kappa shape index (κ3) is 4.59. The van der Waals surface area contributed by atoms with E-state index in [0.29, 0.717) is 6.10 Å². The Balaban J connectivity index is 0.000000232. The van der Waals surface area contributed by atoms with E-state index in [0.717, 1.165) is 6.04 Å². The van der Waals surface area contributed by atoms with Crippen LogP contribution in [0.4, 0.5) is 0 Å². The number of hydrogen-bond acceptors (Lipinski definition) is 5. The van der Waals surface area contributed by atoms with Gasteiger partial charge in [0, 0.05) is 39.3 Å². The second-order valence-electron chi connectivity index (χ2n) is 4.39. The maximum atomic E-state index is 9.10. The van der Waals surface area contributed by atoms with Crippen LogP contribution in [0.15, 0.2) is 0 Å². The van der Waals surface area contributed by atoms with E-state index in [1.165, 1.54) is 39.0 Å². The van der Waals surface area contributed by atoms with Crippen molar-refractivity contribution in [1.82, 2.24) is 10.2 Å². The van der Waals surface area contributed by atoms with Crippen LogP contribution in [0.2, 0.25) is 0 Å². The number of likely N-dealkylation sites (tertiary alicyclic amines) is 1. The Bertz CT molecular complexity index is 273.